The lowest BCUT2D eigenvalue weighted by molar-refractivity contribution is -0.140. The number of anilines is 1. The first-order valence-electron chi connectivity index (χ1n) is 13.2. The summed E-state index contributed by atoms with van der Waals surface area (Å²) >= 11 is 0. The molecule has 1 aromatic heterocycles. The van der Waals surface area contributed by atoms with Crippen LogP contribution in [0.25, 0.3) is 5.69 Å². The molecular weight excluding hydrogens is 602 g/mol. The van der Waals surface area contributed by atoms with Gasteiger partial charge in [-0.05, 0) is 30.7 Å². The second kappa shape index (κ2) is 13.8. The predicted octanol–water partition coefficient (Wildman–Crippen LogP) is 4.74. The Morgan fingerprint density at radius 2 is 1.56 bits per heavy atom. The molecule has 1 heterocycles. The van der Waals surface area contributed by atoms with Crippen LogP contribution >= 0.6 is 0 Å². The molecule has 10 nitrogen and oxygen atoms in total. The van der Waals surface area contributed by atoms with Gasteiger partial charge in [-0.25, -0.2) is 27.2 Å². The summed E-state index contributed by atoms with van der Waals surface area (Å²) in [6.07, 6.45) is -2.35. The van der Waals surface area contributed by atoms with E-state index >= 15 is 8.78 Å². The number of aromatic nitrogens is 1. The molecule has 0 bridgehead atoms. The molecule has 14 heteroatoms. The number of nitrogens with one attached hydrogen (secondary N) is 1. The fourth-order valence-corrected chi connectivity index (χ4v) is 4.36. The van der Waals surface area contributed by atoms with Crippen molar-refractivity contribution in [2.75, 3.05) is 5.73 Å². The van der Waals surface area contributed by atoms with Crippen molar-refractivity contribution in [1.29, 1.82) is 0 Å². The quantitative estimate of drug-likeness (QED) is 0.159. The number of halogens is 4. The van der Waals surface area contributed by atoms with Gasteiger partial charge in [0.25, 0.3) is 5.56 Å². The van der Waals surface area contributed by atoms with Crippen LogP contribution in [0.2, 0.25) is 0 Å². The summed E-state index contributed by atoms with van der Waals surface area (Å²) in [4.78, 5) is 49.4. The number of nitrogens with two attached hydrogens (primary N) is 1. The number of aliphatic carboxylic acids is 1. The Morgan fingerprint density at radius 1 is 0.911 bits per heavy atom. The lowest BCUT2D eigenvalue weighted by atomic mass is 10.0. The molecule has 45 heavy (non-hydrogen) atoms. The number of nitrogen functional groups attached to an aromatic ring is 1. The van der Waals surface area contributed by atoms with Gasteiger partial charge in [-0.3, -0.25) is 14.2 Å². The van der Waals surface area contributed by atoms with Gasteiger partial charge in [0.05, 0.1) is 17.2 Å². The number of alkyl carbamates (subject to hydrolysis) is 1. The van der Waals surface area contributed by atoms with Gasteiger partial charge in [0.2, 0.25) is 0 Å². The molecule has 234 valence electrons. The minimum Gasteiger partial charge on any atom is -0.490 e. The molecule has 4 N–H and O–H groups in total. The van der Waals surface area contributed by atoms with Crippen molar-refractivity contribution in [2.24, 2.45) is 0 Å². The number of hydrogen-bond acceptors (Lipinski definition) is 7. The van der Waals surface area contributed by atoms with E-state index in [1.807, 2.05) is 0 Å². The van der Waals surface area contributed by atoms with E-state index in [0.29, 0.717) is 28.3 Å². The summed E-state index contributed by atoms with van der Waals surface area (Å²) in [5.41, 5.74) is 3.54. The number of carboxylic acid groups (broad SMARTS) is 1. The minimum atomic E-state index is -1.48. The number of amides is 1. The molecule has 0 radical (unpaired) electrons. The summed E-state index contributed by atoms with van der Waals surface area (Å²) in [7, 11) is 0. The Balaban J connectivity index is 1.51. The summed E-state index contributed by atoms with van der Waals surface area (Å²) in [5.74, 6) is -8.45. The molecule has 4 rings (SSSR count). The third-order valence-electron chi connectivity index (χ3n) is 6.47. The maximum atomic E-state index is 15.3. The van der Waals surface area contributed by atoms with Crippen LogP contribution in [0.4, 0.5) is 28.2 Å². The van der Waals surface area contributed by atoms with Crippen molar-refractivity contribution in [1.82, 2.24) is 9.88 Å². The fraction of sp³-hybridized carbons (Fsp3) is 0.161. The zero-order valence-corrected chi connectivity index (χ0v) is 23.4. The first kappa shape index (κ1) is 32.3. The van der Waals surface area contributed by atoms with E-state index in [-0.39, 0.29) is 13.0 Å². The lowest BCUT2D eigenvalue weighted by Crippen LogP contribution is -2.43. The van der Waals surface area contributed by atoms with E-state index in [4.69, 9.17) is 15.2 Å². The van der Waals surface area contributed by atoms with Crippen molar-refractivity contribution >= 4 is 23.7 Å². The van der Waals surface area contributed by atoms with Crippen LogP contribution in [0.15, 0.2) is 77.6 Å². The van der Waals surface area contributed by atoms with Crippen LogP contribution in [0.1, 0.15) is 34.8 Å². The highest BCUT2D eigenvalue weighted by Crippen LogP contribution is 2.28. The average Bonchev–Trinajstić information content (AvgIpc) is 2.97. The minimum absolute atomic E-state index is 0.107. The number of nitrogens with zero attached hydrogens (tertiary/aromatic N) is 1. The number of carbonyl (C=O) groups excluding carboxylic acids is 2. The van der Waals surface area contributed by atoms with Gasteiger partial charge in [-0.2, -0.15) is 0 Å². The molecule has 3 aromatic carbocycles. The number of benzene rings is 3. The number of carboxylic acids is 1. The Morgan fingerprint density at radius 3 is 2.18 bits per heavy atom. The van der Waals surface area contributed by atoms with Gasteiger partial charge in [-0.1, -0.05) is 30.3 Å². The first-order valence-corrected chi connectivity index (χ1v) is 13.2. The number of ketones is 1. The van der Waals surface area contributed by atoms with Crippen LogP contribution in [-0.2, 0) is 16.1 Å². The maximum Gasteiger partial charge on any atom is 0.408 e. The Bertz CT molecular complexity index is 1790. The van der Waals surface area contributed by atoms with Crippen molar-refractivity contribution in [3.8, 4) is 11.4 Å². The summed E-state index contributed by atoms with van der Waals surface area (Å²) in [6.45, 7) is 1.28. The number of pyridine rings is 1. The van der Waals surface area contributed by atoms with Crippen molar-refractivity contribution < 1.29 is 46.5 Å². The normalized spacial score (nSPS) is 12.2. The Kier molecular flexibility index (Phi) is 9.86. The zero-order valence-electron chi connectivity index (χ0n) is 23.4. The third kappa shape index (κ3) is 7.65. The SMILES string of the molecule is CC(C[C@H](NC(=O)OCc1ccccc1)C(=O)O)Oc1cc(F)c(-n2c(N)c(C(=O)c3ccc(F)cc3F)ccc2=O)c(F)c1. The highest BCUT2D eigenvalue weighted by molar-refractivity contribution is 6.11. The number of rotatable bonds is 11. The van der Waals surface area contributed by atoms with Crippen molar-refractivity contribution in [2.45, 2.75) is 32.1 Å². The van der Waals surface area contributed by atoms with Crippen LogP contribution in [0.5, 0.6) is 5.75 Å². The van der Waals surface area contributed by atoms with Gasteiger partial charge >= 0.3 is 12.1 Å². The zero-order chi connectivity index (χ0) is 32.8. The van der Waals surface area contributed by atoms with E-state index in [9.17, 15) is 33.1 Å². The van der Waals surface area contributed by atoms with Gasteiger partial charge in [0, 0.05) is 30.7 Å². The number of hydrogen-bond donors (Lipinski definition) is 3. The van der Waals surface area contributed by atoms with Crippen LogP contribution in [0, 0.1) is 23.3 Å². The van der Waals surface area contributed by atoms with Gasteiger partial charge < -0.3 is 25.6 Å². The molecule has 0 fully saturated rings. The molecule has 0 aliphatic carbocycles. The molecule has 1 unspecified atom stereocenters. The first-order chi connectivity index (χ1) is 21.3. The number of ether oxygens (including phenoxy) is 2. The molecule has 1 amide bonds. The summed E-state index contributed by atoms with van der Waals surface area (Å²) in [6, 6.07) is 12.4. The molecule has 2 atom stereocenters. The highest BCUT2D eigenvalue weighted by Gasteiger charge is 2.26. The summed E-state index contributed by atoms with van der Waals surface area (Å²) < 4.78 is 68.9. The van der Waals surface area contributed by atoms with E-state index < -0.39 is 87.2 Å². The standard InChI is InChI=1S/C31H25F4N3O7/c1-16(11-25(30(41)42)37-31(43)44-15-17-5-3-2-4-6-17)45-19-13-23(34)27(24(35)14-19)38-26(39)10-9-21(29(38)36)28(40)20-8-7-18(32)12-22(20)33/h2-10,12-14,16,25H,11,15,36H2,1H3,(H,37,43)(H,41,42)/t16?,25-/m0/s1. The molecule has 4 aromatic rings. The van der Waals surface area contributed by atoms with Crippen molar-refractivity contribution in [3.63, 3.8) is 0 Å². The van der Waals surface area contributed by atoms with E-state index in [2.05, 4.69) is 5.32 Å². The monoisotopic (exact) mass is 627 g/mol. The topological polar surface area (TPSA) is 150 Å². The molecule has 0 saturated carbocycles. The van der Waals surface area contributed by atoms with Gasteiger partial charge in [0.1, 0.15) is 41.5 Å². The maximum absolute atomic E-state index is 15.3. The second-order valence-electron chi connectivity index (χ2n) is 9.76. The van der Waals surface area contributed by atoms with E-state index in [1.165, 1.54) is 6.92 Å². The van der Waals surface area contributed by atoms with Crippen LogP contribution < -0.4 is 21.3 Å². The second-order valence-corrected chi connectivity index (χ2v) is 9.76. The lowest BCUT2D eigenvalue weighted by Gasteiger charge is -2.21. The highest BCUT2D eigenvalue weighted by atomic mass is 19.1. The third-order valence-corrected chi connectivity index (χ3v) is 6.47. The van der Waals surface area contributed by atoms with Gasteiger partial charge in [-0.15, -0.1) is 0 Å². The fourth-order valence-electron chi connectivity index (χ4n) is 4.36. The van der Waals surface area contributed by atoms with Crippen molar-refractivity contribution in [3.05, 3.63) is 123 Å². The molecule has 0 aliphatic rings. The summed E-state index contributed by atoms with van der Waals surface area (Å²) in [5, 5.41) is 11.7. The largest absolute Gasteiger partial charge is 0.490 e. The Hall–Kier alpha value is -5.66. The smallest absolute Gasteiger partial charge is 0.408 e. The predicted molar refractivity (Wildman–Crippen MR) is 152 cm³/mol. The van der Waals surface area contributed by atoms with Crippen LogP contribution in [-0.4, -0.2) is 39.7 Å². The molecular formula is C31H25F4N3O7. The molecule has 0 aliphatic heterocycles. The van der Waals surface area contributed by atoms with E-state index in [1.54, 1.807) is 30.3 Å². The van der Waals surface area contributed by atoms with E-state index in [0.717, 1.165) is 24.3 Å². The Labute approximate surface area is 252 Å². The number of carbonyl (C=O) groups is 3. The van der Waals surface area contributed by atoms with Gasteiger partial charge in [0.15, 0.2) is 17.4 Å². The molecule has 0 saturated heterocycles. The van der Waals surface area contributed by atoms with Crippen LogP contribution in [0.3, 0.4) is 0 Å². The molecule has 0 spiro atoms. The average molecular weight is 628 g/mol.